The molecule has 1 aliphatic rings. The lowest BCUT2D eigenvalue weighted by Gasteiger charge is -2.25. The molecule has 118 valence electrons. The van der Waals surface area contributed by atoms with Crippen LogP contribution < -0.4 is 5.69 Å². The van der Waals surface area contributed by atoms with Gasteiger partial charge in [0.2, 0.25) is 5.91 Å². The van der Waals surface area contributed by atoms with Gasteiger partial charge in [-0.1, -0.05) is 6.07 Å². The Kier molecular flexibility index (Phi) is 3.98. The molecule has 1 fully saturated rings. The fourth-order valence-corrected chi connectivity index (χ4v) is 3.09. The van der Waals surface area contributed by atoms with Gasteiger partial charge in [0.25, 0.3) is 0 Å². The lowest BCUT2D eigenvalue weighted by atomic mass is 10.1. The first-order valence-corrected chi connectivity index (χ1v) is 7.58. The third kappa shape index (κ3) is 2.76. The lowest BCUT2D eigenvalue weighted by molar-refractivity contribution is -0.133. The summed E-state index contributed by atoms with van der Waals surface area (Å²) >= 11 is 0. The Hall–Kier alpha value is -2.15. The van der Waals surface area contributed by atoms with Crippen molar-refractivity contribution in [3.63, 3.8) is 0 Å². The second-order valence-corrected chi connectivity index (χ2v) is 5.84. The van der Waals surface area contributed by atoms with Crippen LogP contribution in [0.15, 0.2) is 29.2 Å². The zero-order valence-corrected chi connectivity index (χ0v) is 12.6. The van der Waals surface area contributed by atoms with Crippen molar-refractivity contribution in [2.45, 2.75) is 44.9 Å². The average Bonchev–Trinajstić information content (AvgIpc) is 3.05. The van der Waals surface area contributed by atoms with E-state index >= 15 is 0 Å². The van der Waals surface area contributed by atoms with Crippen LogP contribution in [0.4, 0.5) is 0 Å². The summed E-state index contributed by atoms with van der Waals surface area (Å²) in [5.74, 6) is -0.117. The van der Waals surface area contributed by atoms with Gasteiger partial charge in [-0.2, -0.15) is 0 Å². The number of aliphatic hydroxyl groups is 1. The maximum atomic E-state index is 12.5. The molecule has 0 spiro atoms. The second-order valence-electron chi connectivity index (χ2n) is 5.84. The SMILES string of the molecule is CC(O)CC1CCCN1C(=O)Cn1nc2ccccn2c1=O. The smallest absolute Gasteiger partial charge is 0.350 e. The van der Waals surface area contributed by atoms with Crippen LogP contribution in [-0.2, 0) is 11.3 Å². The first-order valence-electron chi connectivity index (χ1n) is 7.58. The molecule has 0 aliphatic carbocycles. The van der Waals surface area contributed by atoms with E-state index in [0.717, 1.165) is 12.8 Å². The predicted molar refractivity (Wildman–Crippen MR) is 80.5 cm³/mol. The molecular formula is C15H20N4O3. The minimum atomic E-state index is -0.434. The molecule has 1 N–H and O–H groups in total. The maximum absolute atomic E-state index is 12.5. The minimum absolute atomic E-state index is 0.0558. The van der Waals surface area contributed by atoms with Gasteiger partial charge in [-0.25, -0.2) is 9.48 Å². The van der Waals surface area contributed by atoms with E-state index in [4.69, 9.17) is 0 Å². The Morgan fingerprint density at radius 3 is 3.05 bits per heavy atom. The molecule has 2 aromatic rings. The van der Waals surface area contributed by atoms with E-state index in [9.17, 15) is 14.7 Å². The van der Waals surface area contributed by atoms with Crippen molar-refractivity contribution >= 4 is 11.6 Å². The van der Waals surface area contributed by atoms with Crippen molar-refractivity contribution in [2.24, 2.45) is 0 Å². The van der Waals surface area contributed by atoms with Crippen LogP contribution in [0.2, 0.25) is 0 Å². The number of amides is 1. The summed E-state index contributed by atoms with van der Waals surface area (Å²) in [6, 6.07) is 5.34. The van der Waals surface area contributed by atoms with Crippen LogP contribution in [0.1, 0.15) is 26.2 Å². The molecule has 2 aromatic heterocycles. The standard InChI is InChI=1S/C15H20N4O3/c1-11(20)9-12-5-4-8-17(12)14(21)10-19-15(22)18-7-3-2-6-13(18)16-19/h2-3,6-7,11-12,20H,4-5,8-10H2,1H3. The Bertz CT molecular complexity index is 734. The summed E-state index contributed by atoms with van der Waals surface area (Å²) < 4.78 is 2.62. The minimum Gasteiger partial charge on any atom is -0.393 e. The van der Waals surface area contributed by atoms with Crippen LogP contribution in [-0.4, -0.2) is 48.8 Å². The predicted octanol–water partition coefficient (Wildman–Crippen LogP) is 0.258. The topological polar surface area (TPSA) is 79.8 Å². The average molecular weight is 304 g/mol. The van der Waals surface area contributed by atoms with Crippen molar-refractivity contribution < 1.29 is 9.90 Å². The molecule has 22 heavy (non-hydrogen) atoms. The molecule has 2 unspecified atom stereocenters. The van der Waals surface area contributed by atoms with Gasteiger partial charge >= 0.3 is 5.69 Å². The van der Waals surface area contributed by atoms with Crippen molar-refractivity contribution in [1.82, 2.24) is 19.1 Å². The molecule has 1 aliphatic heterocycles. The normalized spacial score (nSPS) is 19.7. The zero-order valence-electron chi connectivity index (χ0n) is 12.6. The molecule has 3 rings (SSSR count). The number of carbonyl (C=O) groups is 1. The van der Waals surface area contributed by atoms with E-state index < -0.39 is 6.10 Å². The Morgan fingerprint density at radius 1 is 1.50 bits per heavy atom. The van der Waals surface area contributed by atoms with Gasteiger partial charge in [0, 0.05) is 18.8 Å². The fraction of sp³-hybridized carbons (Fsp3) is 0.533. The maximum Gasteiger partial charge on any atom is 0.350 e. The highest BCUT2D eigenvalue weighted by molar-refractivity contribution is 5.76. The molecule has 0 aromatic carbocycles. The zero-order chi connectivity index (χ0) is 15.7. The highest BCUT2D eigenvalue weighted by atomic mass is 16.3. The summed E-state index contributed by atoms with van der Waals surface area (Å²) in [6.45, 7) is 2.35. The molecule has 2 atom stereocenters. The quantitative estimate of drug-likeness (QED) is 0.878. The Morgan fingerprint density at radius 2 is 2.32 bits per heavy atom. The monoisotopic (exact) mass is 304 g/mol. The van der Waals surface area contributed by atoms with Crippen molar-refractivity contribution in [1.29, 1.82) is 0 Å². The van der Waals surface area contributed by atoms with Crippen LogP contribution in [0, 0.1) is 0 Å². The highest BCUT2D eigenvalue weighted by Crippen LogP contribution is 2.21. The number of fused-ring (bicyclic) bond motifs is 1. The summed E-state index contributed by atoms with van der Waals surface area (Å²) in [5.41, 5.74) is 0.220. The summed E-state index contributed by atoms with van der Waals surface area (Å²) in [5, 5.41) is 13.7. The van der Waals surface area contributed by atoms with Gasteiger partial charge in [-0.3, -0.25) is 9.20 Å². The number of pyridine rings is 1. The summed E-state index contributed by atoms with van der Waals surface area (Å²) in [4.78, 5) is 26.4. The molecule has 3 heterocycles. The van der Waals surface area contributed by atoms with E-state index in [1.54, 1.807) is 36.2 Å². The summed E-state index contributed by atoms with van der Waals surface area (Å²) in [7, 11) is 0. The largest absolute Gasteiger partial charge is 0.393 e. The summed E-state index contributed by atoms with van der Waals surface area (Å²) in [6.07, 6.45) is 3.61. The second kappa shape index (κ2) is 5.92. The van der Waals surface area contributed by atoms with Gasteiger partial charge in [0.05, 0.1) is 6.10 Å². The van der Waals surface area contributed by atoms with E-state index in [0.29, 0.717) is 18.6 Å². The Balaban J connectivity index is 1.78. The molecule has 0 radical (unpaired) electrons. The highest BCUT2D eigenvalue weighted by Gasteiger charge is 2.30. The first-order chi connectivity index (χ1) is 10.6. The van der Waals surface area contributed by atoms with Crippen LogP contribution >= 0.6 is 0 Å². The number of aromatic nitrogens is 3. The number of likely N-dealkylation sites (tertiary alicyclic amines) is 1. The number of aliphatic hydroxyl groups excluding tert-OH is 1. The number of hydrogen-bond donors (Lipinski definition) is 1. The van der Waals surface area contributed by atoms with E-state index in [2.05, 4.69) is 5.10 Å². The van der Waals surface area contributed by atoms with E-state index in [1.165, 1.54) is 9.08 Å². The molecular weight excluding hydrogens is 284 g/mol. The van der Waals surface area contributed by atoms with E-state index in [-0.39, 0.29) is 24.2 Å². The molecule has 7 nitrogen and oxygen atoms in total. The number of rotatable bonds is 4. The van der Waals surface area contributed by atoms with Gasteiger partial charge in [-0.15, -0.1) is 5.10 Å². The molecule has 7 heteroatoms. The van der Waals surface area contributed by atoms with Crippen molar-refractivity contribution in [3.8, 4) is 0 Å². The van der Waals surface area contributed by atoms with Gasteiger partial charge < -0.3 is 10.0 Å². The van der Waals surface area contributed by atoms with E-state index in [1.807, 2.05) is 0 Å². The molecule has 0 saturated carbocycles. The number of nitrogens with zero attached hydrogens (tertiary/aromatic N) is 4. The van der Waals surface area contributed by atoms with Crippen LogP contribution in [0.3, 0.4) is 0 Å². The van der Waals surface area contributed by atoms with Crippen molar-refractivity contribution in [3.05, 3.63) is 34.9 Å². The fourth-order valence-electron chi connectivity index (χ4n) is 3.09. The van der Waals surface area contributed by atoms with Crippen LogP contribution in [0.25, 0.3) is 5.65 Å². The number of hydrogen-bond acceptors (Lipinski definition) is 4. The molecule has 1 amide bonds. The number of carbonyl (C=O) groups excluding carboxylic acids is 1. The van der Waals surface area contributed by atoms with Gasteiger partial charge in [0.1, 0.15) is 6.54 Å². The van der Waals surface area contributed by atoms with Crippen LogP contribution in [0.5, 0.6) is 0 Å². The lowest BCUT2D eigenvalue weighted by Crippen LogP contribution is -2.40. The Labute approximate surface area is 127 Å². The molecule has 0 bridgehead atoms. The first kappa shape index (κ1) is 14.8. The van der Waals surface area contributed by atoms with Gasteiger partial charge in [-0.05, 0) is 38.3 Å². The van der Waals surface area contributed by atoms with Crippen molar-refractivity contribution in [2.75, 3.05) is 6.54 Å². The third-order valence-corrected chi connectivity index (χ3v) is 4.08. The molecule has 1 saturated heterocycles. The van der Waals surface area contributed by atoms with Gasteiger partial charge in [0.15, 0.2) is 5.65 Å². The third-order valence-electron chi connectivity index (χ3n) is 4.08.